The molecule has 1 aliphatic rings. The minimum absolute atomic E-state index is 0.0191. The van der Waals surface area contributed by atoms with Gasteiger partial charge in [0.2, 0.25) is 5.91 Å². The van der Waals surface area contributed by atoms with Crippen LogP contribution in [-0.4, -0.2) is 53.8 Å². The molecule has 3 N–H and O–H groups in total. The first-order valence-corrected chi connectivity index (χ1v) is 13.4. The van der Waals surface area contributed by atoms with Crippen LogP contribution in [0, 0.1) is 12.3 Å². The van der Waals surface area contributed by atoms with Gasteiger partial charge in [-0.3, -0.25) is 14.4 Å². The molecule has 208 valence electrons. The number of Topliss-reactive ketones (excluding diaryl/α,β-unsaturated/α-hetero) is 1. The number of ketones is 1. The molecule has 40 heavy (non-hydrogen) atoms. The number of carboxylic acid groups (broad SMARTS) is 1. The molecule has 11 heteroatoms. The summed E-state index contributed by atoms with van der Waals surface area (Å²) in [4.78, 5) is 68.4. The summed E-state index contributed by atoms with van der Waals surface area (Å²) in [6.45, 7) is 6.68. The molecule has 10 nitrogen and oxygen atoms in total. The van der Waals surface area contributed by atoms with Crippen molar-refractivity contribution in [2.75, 3.05) is 28.2 Å². The lowest BCUT2D eigenvalue weighted by atomic mass is 9.94. The van der Waals surface area contributed by atoms with Crippen molar-refractivity contribution in [3.05, 3.63) is 76.0 Å². The van der Waals surface area contributed by atoms with Crippen molar-refractivity contribution in [3.63, 3.8) is 0 Å². The van der Waals surface area contributed by atoms with Crippen molar-refractivity contribution >= 4 is 58.0 Å². The van der Waals surface area contributed by atoms with Gasteiger partial charge >= 0.3 is 12.0 Å². The van der Waals surface area contributed by atoms with Gasteiger partial charge in [0.25, 0.3) is 5.91 Å². The number of hydrogen-bond acceptors (Lipinski definition) is 6. The lowest BCUT2D eigenvalue weighted by Gasteiger charge is -2.31. The highest BCUT2D eigenvalue weighted by Crippen LogP contribution is 2.36. The van der Waals surface area contributed by atoms with Crippen LogP contribution in [0.1, 0.15) is 46.4 Å². The maximum atomic E-state index is 14.0. The first-order chi connectivity index (χ1) is 18.8. The fourth-order valence-corrected chi connectivity index (χ4v) is 4.98. The van der Waals surface area contributed by atoms with Gasteiger partial charge in [0, 0.05) is 11.1 Å². The molecule has 3 aromatic rings. The lowest BCUT2D eigenvalue weighted by Crippen LogP contribution is -2.55. The zero-order valence-electron chi connectivity index (χ0n) is 22.6. The zero-order valence-corrected chi connectivity index (χ0v) is 23.4. The third kappa shape index (κ3) is 6.20. The van der Waals surface area contributed by atoms with Crippen LogP contribution in [-0.2, 0) is 9.59 Å². The van der Waals surface area contributed by atoms with E-state index in [9.17, 15) is 29.1 Å². The van der Waals surface area contributed by atoms with E-state index in [0.717, 1.165) is 5.56 Å². The molecule has 0 saturated heterocycles. The highest BCUT2D eigenvalue weighted by Gasteiger charge is 2.40. The molecule has 0 bridgehead atoms. The van der Waals surface area contributed by atoms with Crippen molar-refractivity contribution in [3.8, 4) is 0 Å². The molecule has 0 aliphatic carbocycles. The van der Waals surface area contributed by atoms with E-state index < -0.39 is 29.4 Å². The van der Waals surface area contributed by atoms with Gasteiger partial charge in [-0.1, -0.05) is 39.0 Å². The Morgan fingerprint density at radius 1 is 1.02 bits per heavy atom. The summed E-state index contributed by atoms with van der Waals surface area (Å²) >= 11 is 1.26. The zero-order chi connectivity index (χ0) is 29.2. The number of aromatic carboxylic acids is 1. The number of carbonyl (C=O) groups excluding carboxylic acids is 4. The average Bonchev–Trinajstić information content (AvgIpc) is 3.41. The summed E-state index contributed by atoms with van der Waals surface area (Å²) in [6, 6.07) is 12.4. The second-order valence-corrected chi connectivity index (χ2v) is 11.5. The van der Waals surface area contributed by atoms with E-state index in [1.165, 1.54) is 45.4 Å². The van der Waals surface area contributed by atoms with E-state index in [0.29, 0.717) is 16.3 Å². The summed E-state index contributed by atoms with van der Waals surface area (Å²) in [7, 11) is 0. The van der Waals surface area contributed by atoms with Crippen molar-refractivity contribution in [2.45, 2.75) is 33.7 Å². The molecular weight excluding hydrogens is 532 g/mol. The maximum Gasteiger partial charge on any atom is 0.335 e. The molecule has 0 spiro atoms. The summed E-state index contributed by atoms with van der Waals surface area (Å²) in [5.74, 6) is -2.26. The molecule has 1 unspecified atom stereocenters. The number of anilines is 3. The van der Waals surface area contributed by atoms with Gasteiger partial charge in [0.1, 0.15) is 6.04 Å². The average molecular weight is 563 g/mol. The fourth-order valence-electron chi connectivity index (χ4n) is 4.33. The third-order valence-electron chi connectivity index (χ3n) is 6.30. The number of rotatable bonds is 6. The molecule has 2 heterocycles. The number of aryl methyl sites for hydroxylation is 1. The monoisotopic (exact) mass is 562 g/mol. The summed E-state index contributed by atoms with van der Waals surface area (Å²) in [6.07, 6.45) is 0. The predicted molar refractivity (Wildman–Crippen MR) is 153 cm³/mol. The Morgan fingerprint density at radius 2 is 1.77 bits per heavy atom. The number of hydrogen-bond donors (Lipinski definition) is 3. The van der Waals surface area contributed by atoms with Crippen molar-refractivity contribution in [1.82, 2.24) is 5.32 Å². The Kier molecular flexibility index (Phi) is 8.06. The molecule has 1 atom stereocenters. The van der Waals surface area contributed by atoms with E-state index >= 15 is 0 Å². The number of nitrogens with one attached hydrogen (secondary N) is 2. The third-order valence-corrected chi connectivity index (χ3v) is 7.21. The van der Waals surface area contributed by atoms with Crippen LogP contribution in [0.15, 0.2) is 60.0 Å². The normalized spacial score (nSPS) is 15.2. The topological polar surface area (TPSA) is 136 Å². The van der Waals surface area contributed by atoms with Crippen LogP contribution in [0.25, 0.3) is 0 Å². The quantitative estimate of drug-likeness (QED) is 0.377. The molecule has 2 aromatic carbocycles. The van der Waals surface area contributed by atoms with Gasteiger partial charge in [-0.05, 0) is 54.3 Å². The molecule has 0 saturated carbocycles. The van der Waals surface area contributed by atoms with Gasteiger partial charge in [-0.25, -0.2) is 9.59 Å². The van der Waals surface area contributed by atoms with Crippen molar-refractivity contribution in [1.29, 1.82) is 0 Å². The number of thiophene rings is 1. The molecule has 4 rings (SSSR count). The van der Waals surface area contributed by atoms with Crippen LogP contribution in [0.2, 0.25) is 0 Å². The van der Waals surface area contributed by atoms with Crippen molar-refractivity contribution in [2.24, 2.45) is 5.41 Å². The van der Waals surface area contributed by atoms with Gasteiger partial charge in [0.05, 0.1) is 34.9 Å². The van der Waals surface area contributed by atoms with E-state index in [2.05, 4.69) is 10.6 Å². The van der Waals surface area contributed by atoms with Gasteiger partial charge in [-0.15, -0.1) is 11.3 Å². The Morgan fingerprint density at radius 3 is 2.42 bits per heavy atom. The number of urea groups is 1. The van der Waals surface area contributed by atoms with Gasteiger partial charge in [-0.2, -0.15) is 0 Å². The maximum absolute atomic E-state index is 14.0. The number of fused-ring (bicyclic) bond motifs is 1. The minimum atomic E-state index is -1.21. The minimum Gasteiger partial charge on any atom is -0.478 e. The fraction of sp³-hybridized carbons (Fsp3) is 0.276. The largest absolute Gasteiger partial charge is 0.478 e. The Hall–Kier alpha value is -4.51. The first-order valence-electron chi connectivity index (χ1n) is 12.6. The summed E-state index contributed by atoms with van der Waals surface area (Å²) in [5, 5.41) is 16.2. The van der Waals surface area contributed by atoms with Crippen LogP contribution in [0.3, 0.4) is 0 Å². The van der Waals surface area contributed by atoms with Crippen LogP contribution in [0.5, 0.6) is 0 Å². The van der Waals surface area contributed by atoms with Crippen molar-refractivity contribution < 1.29 is 29.1 Å². The second kappa shape index (κ2) is 11.3. The Bertz CT molecular complexity index is 1480. The predicted octanol–water partition coefficient (Wildman–Crippen LogP) is 4.55. The van der Waals surface area contributed by atoms with E-state index in [4.69, 9.17) is 0 Å². The van der Waals surface area contributed by atoms with Crippen LogP contribution < -0.4 is 20.4 Å². The highest BCUT2D eigenvalue weighted by molar-refractivity contribution is 7.12. The Labute approximate surface area is 235 Å². The molecule has 1 aromatic heterocycles. The van der Waals surface area contributed by atoms with Gasteiger partial charge < -0.3 is 25.5 Å². The Balaban J connectivity index is 1.72. The molecule has 0 radical (unpaired) electrons. The SMILES string of the molecule is Cc1ccc2c(c1)N(CC(=O)c1cccs1)C(=O)C(NC(=O)Nc1cccc(C(=O)O)c1)CN2C(=O)C(C)(C)C. The van der Waals surface area contributed by atoms with E-state index in [1.807, 2.05) is 13.0 Å². The van der Waals surface area contributed by atoms with E-state index in [1.54, 1.807) is 50.4 Å². The first kappa shape index (κ1) is 28.5. The van der Waals surface area contributed by atoms with Crippen LogP contribution >= 0.6 is 11.3 Å². The number of nitrogens with zero attached hydrogens (tertiary/aromatic N) is 2. The standard InChI is InChI=1S/C29H30N4O6S/c1-17-10-11-21-22(13-17)32(16-23(34)24-9-6-12-40-24)25(35)20(15-33(21)27(38)29(2,3)4)31-28(39)30-19-8-5-7-18(14-19)26(36)37/h5-14,20H,15-16H2,1-4H3,(H,36,37)(H2,30,31,39). The summed E-state index contributed by atoms with van der Waals surface area (Å²) < 4.78 is 0. The highest BCUT2D eigenvalue weighted by atomic mass is 32.1. The molecular formula is C29H30N4O6S. The number of amides is 4. The summed E-state index contributed by atoms with van der Waals surface area (Å²) in [5.41, 5.74) is 1.06. The van der Waals surface area contributed by atoms with E-state index in [-0.39, 0.29) is 36.0 Å². The smallest absolute Gasteiger partial charge is 0.335 e. The van der Waals surface area contributed by atoms with Crippen LogP contribution in [0.4, 0.5) is 21.9 Å². The molecule has 4 amide bonds. The number of benzene rings is 2. The second-order valence-electron chi connectivity index (χ2n) is 10.5. The molecule has 1 aliphatic heterocycles. The lowest BCUT2D eigenvalue weighted by molar-refractivity contribution is -0.126. The number of carbonyl (C=O) groups is 5. The number of carboxylic acids is 1. The van der Waals surface area contributed by atoms with Gasteiger partial charge in [0.15, 0.2) is 5.78 Å². The molecule has 0 fully saturated rings.